The van der Waals surface area contributed by atoms with E-state index in [0.29, 0.717) is 18.1 Å². The summed E-state index contributed by atoms with van der Waals surface area (Å²) < 4.78 is 42.9. The molecule has 1 aromatic rings. The van der Waals surface area contributed by atoms with E-state index in [4.69, 9.17) is 4.74 Å². The summed E-state index contributed by atoms with van der Waals surface area (Å²) in [6.45, 7) is 4.59. The van der Waals surface area contributed by atoms with Crippen LogP contribution in [0.2, 0.25) is 0 Å². The highest BCUT2D eigenvalue weighted by Crippen LogP contribution is 2.44. The van der Waals surface area contributed by atoms with Gasteiger partial charge in [0.25, 0.3) is 0 Å². The second-order valence-corrected chi connectivity index (χ2v) is 7.02. The fourth-order valence-corrected chi connectivity index (χ4v) is 3.09. The van der Waals surface area contributed by atoms with E-state index in [-0.39, 0.29) is 29.4 Å². The Kier molecular flexibility index (Phi) is 10.8. The van der Waals surface area contributed by atoms with Gasteiger partial charge in [0, 0.05) is 32.4 Å². The van der Waals surface area contributed by atoms with E-state index in [1.165, 1.54) is 31.4 Å². The number of halogens is 4. The van der Waals surface area contributed by atoms with Crippen LogP contribution < -0.4 is 10.6 Å². The lowest BCUT2D eigenvalue weighted by Gasteiger charge is -2.40. The van der Waals surface area contributed by atoms with Gasteiger partial charge in [0.1, 0.15) is 0 Å². The van der Waals surface area contributed by atoms with Crippen LogP contribution in [-0.2, 0) is 10.9 Å². The monoisotopic (exact) mass is 523 g/mol. The fourth-order valence-electron chi connectivity index (χ4n) is 3.09. The zero-order valence-corrected chi connectivity index (χ0v) is 19.2. The van der Waals surface area contributed by atoms with Crippen LogP contribution in [0, 0.1) is 17.3 Å². The Morgan fingerprint density at radius 2 is 1.90 bits per heavy atom. The van der Waals surface area contributed by atoms with Crippen LogP contribution in [-0.4, -0.2) is 39.3 Å². The lowest BCUT2D eigenvalue weighted by molar-refractivity contribution is -0.137. The summed E-state index contributed by atoms with van der Waals surface area (Å²) >= 11 is 0. The van der Waals surface area contributed by atoms with Crippen molar-refractivity contribution in [3.8, 4) is 11.8 Å². The molecule has 2 rings (SSSR count). The number of guanidine groups is 1. The van der Waals surface area contributed by atoms with Crippen LogP contribution in [0.15, 0.2) is 29.3 Å². The molecule has 2 N–H and O–H groups in total. The molecule has 0 radical (unpaired) electrons. The maximum atomic E-state index is 12.6. The molecule has 1 fully saturated rings. The summed E-state index contributed by atoms with van der Waals surface area (Å²) in [5.74, 6) is 6.49. The predicted octanol–water partition coefficient (Wildman–Crippen LogP) is 4.44. The highest BCUT2D eigenvalue weighted by molar-refractivity contribution is 14.0. The molecule has 1 aliphatic rings. The number of rotatable bonds is 7. The molecule has 1 aliphatic carbocycles. The Morgan fingerprint density at radius 3 is 2.41 bits per heavy atom. The molecule has 0 aliphatic heterocycles. The van der Waals surface area contributed by atoms with Crippen LogP contribution in [0.5, 0.6) is 0 Å². The molecule has 0 atom stereocenters. The Balaban J connectivity index is 0.00000420. The van der Waals surface area contributed by atoms with E-state index in [9.17, 15) is 13.2 Å². The third-order valence-electron chi connectivity index (χ3n) is 4.96. The first kappa shape index (κ1) is 25.6. The highest BCUT2D eigenvalue weighted by Gasteiger charge is 2.36. The van der Waals surface area contributed by atoms with Crippen LogP contribution in [0.4, 0.5) is 13.2 Å². The average molecular weight is 523 g/mol. The number of benzene rings is 1. The molecule has 0 unspecified atom stereocenters. The lowest BCUT2D eigenvalue weighted by Crippen LogP contribution is -2.40. The van der Waals surface area contributed by atoms with Gasteiger partial charge in [0.15, 0.2) is 5.96 Å². The minimum Gasteiger partial charge on any atom is -0.385 e. The van der Waals surface area contributed by atoms with Crippen LogP contribution in [0.25, 0.3) is 0 Å². The third-order valence-corrected chi connectivity index (χ3v) is 4.96. The Labute approximate surface area is 188 Å². The summed E-state index contributed by atoms with van der Waals surface area (Å²) in [5.41, 5.74) is 0.116. The third kappa shape index (κ3) is 8.42. The first-order chi connectivity index (χ1) is 13.4. The van der Waals surface area contributed by atoms with Crippen molar-refractivity contribution in [3.63, 3.8) is 0 Å². The summed E-state index contributed by atoms with van der Waals surface area (Å²) in [6.07, 6.45) is 0.272. The maximum absolute atomic E-state index is 12.6. The minimum absolute atomic E-state index is 0. The van der Waals surface area contributed by atoms with Crippen molar-refractivity contribution >= 4 is 29.9 Å². The molecule has 0 amide bonds. The summed E-state index contributed by atoms with van der Waals surface area (Å²) in [6, 6.07) is 4.85. The van der Waals surface area contributed by atoms with Gasteiger partial charge in [0.2, 0.25) is 0 Å². The predicted molar refractivity (Wildman–Crippen MR) is 120 cm³/mol. The maximum Gasteiger partial charge on any atom is 0.416 e. The number of nitrogens with one attached hydrogen (secondary N) is 2. The van der Waals surface area contributed by atoms with Crippen molar-refractivity contribution in [3.05, 3.63) is 35.4 Å². The molecule has 0 heterocycles. The van der Waals surface area contributed by atoms with Crippen molar-refractivity contribution in [2.24, 2.45) is 10.4 Å². The van der Waals surface area contributed by atoms with Gasteiger partial charge in [-0.25, -0.2) is 0 Å². The molecule has 8 heteroatoms. The standard InChI is InChI=1S/C21H28F3N3O.HI/c1-3-25-19(27-16-20(11-5-12-20)13-15-28-2)26-14-4-6-17-7-9-18(10-8-17)21(22,23)24;/h7-10H,3,5,11-16H2,1-2H3,(H2,25,26,27);1H. The van der Waals surface area contributed by atoms with Crippen molar-refractivity contribution < 1.29 is 17.9 Å². The molecule has 0 bridgehead atoms. The zero-order valence-electron chi connectivity index (χ0n) is 16.9. The number of hydrogen-bond acceptors (Lipinski definition) is 2. The second-order valence-electron chi connectivity index (χ2n) is 7.02. The molecule has 162 valence electrons. The fraction of sp³-hybridized carbons (Fsp3) is 0.571. The number of nitrogens with zero attached hydrogens (tertiary/aromatic N) is 1. The van der Waals surface area contributed by atoms with Gasteiger partial charge in [-0.2, -0.15) is 13.2 Å². The first-order valence-electron chi connectivity index (χ1n) is 9.56. The van der Waals surface area contributed by atoms with E-state index in [0.717, 1.165) is 38.2 Å². The van der Waals surface area contributed by atoms with E-state index in [2.05, 4.69) is 27.5 Å². The van der Waals surface area contributed by atoms with Gasteiger partial charge in [-0.15, -0.1) is 24.0 Å². The van der Waals surface area contributed by atoms with Crippen LogP contribution >= 0.6 is 24.0 Å². The number of alkyl halides is 3. The van der Waals surface area contributed by atoms with Crippen molar-refractivity contribution in [2.45, 2.75) is 38.8 Å². The SMILES string of the molecule is CCNC(=NCC1(CCOC)CCC1)NCC#Cc1ccc(C(F)(F)F)cc1.I. The van der Waals surface area contributed by atoms with Gasteiger partial charge < -0.3 is 15.4 Å². The number of aliphatic imine (C=N–C) groups is 1. The molecular weight excluding hydrogens is 494 g/mol. The molecule has 1 aromatic carbocycles. The van der Waals surface area contributed by atoms with E-state index in [1.807, 2.05) is 6.92 Å². The van der Waals surface area contributed by atoms with Gasteiger partial charge in [-0.1, -0.05) is 18.3 Å². The quantitative estimate of drug-likeness (QED) is 0.241. The van der Waals surface area contributed by atoms with Crippen molar-refractivity contribution in [1.29, 1.82) is 0 Å². The smallest absolute Gasteiger partial charge is 0.385 e. The van der Waals surface area contributed by atoms with Gasteiger partial charge in [0.05, 0.1) is 12.1 Å². The molecule has 29 heavy (non-hydrogen) atoms. The molecule has 0 aromatic heterocycles. The second kappa shape index (κ2) is 12.3. The van der Waals surface area contributed by atoms with E-state index in [1.54, 1.807) is 7.11 Å². The van der Waals surface area contributed by atoms with Crippen molar-refractivity contribution in [1.82, 2.24) is 10.6 Å². The van der Waals surface area contributed by atoms with Crippen LogP contribution in [0.1, 0.15) is 43.7 Å². The van der Waals surface area contributed by atoms with E-state index >= 15 is 0 Å². The minimum atomic E-state index is -4.33. The Hall–Kier alpha value is -1.47. The number of hydrogen-bond donors (Lipinski definition) is 2. The average Bonchev–Trinajstić information content (AvgIpc) is 2.63. The highest BCUT2D eigenvalue weighted by atomic mass is 127. The zero-order chi connectivity index (χ0) is 20.5. The molecule has 0 spiro atoms. The van der Waals surface area contributed by atoms with Crippen molar-refractivity contribution in [2.75, 3.05) is 33.4 Å². The largest absolute Gasteiger partial charge is 0.416 e. The van der Waals surface area contributed by atoms with Gasteiger partial charge >= 0.3 is 6.18 Å². The number of methoxy groups -OCH3 is 1. The lowest BCUT2D eigenvalue weighted by atomic mass is 9.67. The Morgan fingerprint density at radius 1 is 1.21 bits per heavy atom. The topological polar surface area (TPSA) is 45.7 Å². The summed E-state index contributed by atoms with van der Waals surface area (Å²) in [4.78, 5) is 4.69. The molecule has 0 saturated heterocycles. The molecule has 4 nitrogen and oxygen atoms in total. The summed E-state index contributed by atoms with van der Waals surface area (Å²) in [7, 11) is 1.72. The van der Waals surface area contributed by atoms with Crippen LogP contribution in [0.3, 0.4) is 0 Å². The first-order valence-corrected chi connectivity index (χ1v) is 9.56. The Bertz CT molecular complexity index is 705. The van der Waals surface area contributed by atoms with Gasteiger partial charge in [-0.05, 0) is 55.9 Å². The van der Waals surface area contributed by atoms with Gasteiger partial charge in [-0.3, -0.25) is 4.99 Å². The molecule has 1 saturated carbocycles. The number of ether oxygens (including phenoxy) is 1. The summed E-state index contributed by atoms with van der Waals surface area (Å²) in [5, 5.41) is 6.35. The van der Waals surface area contributed by atoms with E-state index < -0.39 is 11.7 Å². The molecular formula is C21H29F3IN3O. The normalized spacial score (nSPS) is 15.4.